The van der Waals surface area contributed by atoms with Crippen LogP contribution in [0.1, 0.15) is 18.5 Å². The molecule has 1 aliphatic rings. The minimum absolute atomic E-state index is 0.0752. The normalized spacial score (nSPS) is 23.5. The highest BCUT2D eigenvalue weighted by Crippen LogP contribution is 2.13. The Morgan fingerprint density at radius 2 is 2.57 bits per heavy atom. The highest BCUT2D eigenvalue weighted by molar-refractivity contribution is 5.82. The molecule has 0 aromatic carbocycles. The Morgan fingerprint density at radius 3 is 3.14 bits per heavy atom. The van der Waals surface area contributed by atoms with E-state index in [-0.39, 0.29) is 18.0 Å². The predicted molar refractivity (Wildman–Crippen MR) is 48.1 cm³/mol. The Bertz CT molecular complexity index is 310. The van der Waals surface area contributed by atoms with E-state index in [2.05, 4.69) is 10.8 Å². The van der Waals surface area contributed by atoms with Crippen molar-refractivity contribution in [3.63, 3.8) is 0 Å². The molecule has 14 heavy (non-hydrogen) atoms. The SMILES string of the molecule is CC(NC1CONC1=O)c1ccoc1. The molecule has 1 saturated heterocycles. The minimum atomic E-state index is -0.278. The Morgan fingerprint density at radius 1 is 1.71 bits per heavy atom. The van der Waals surface area contributed by atoms with Crippen LogP contribution >= 0.6 is 0 Å². The quantitative estimate of drug-likeness (QED) is 0.732. The van der Waals surface area contributed by atoms with Crippen LogP contribution < -0.4 is 10.8 Å². The van der Waals surface area contributed by atoms with Gasteiger partial charge in [0, 0.05) is 11.6 Å². The highest BCUT2D eigenvalue weighted by atomic mass is 16.7. The van der Waals surface area contributed by atoms with E-state index < -0.39 is 0 Å². The van der Waals surface area contributed by atoms with Crippen LogP contribution in [0.4, 0.5) is 0 Å². The van der Waals surface area contributed by atoms with Crippen molar-refractivity contribution in [3.8, 4) is 0 Å². The smallest absolute Gasteiger partial charge is 0.263 e. The molecule has 2 atom stereocenters. The molecule has 1 aromatic rings. The molecule has 2 N–H and O–H groups in total. The zero-order valence-electron chi connectivity index (χ0n) is 7.82. The first kappa shape index (κ1) is 9.23. The lowest BCUT2D eigenvalue weighted by atomic mass is 10.1. The molecule has 0 spiro atoms. The van der Waals surface area contributed by atoms with E-state index in [4.69, 9.17) is 9.25 Å². The molecule has 1 amide bonds. The van der Waals surface area contributed by atoms with Gasteiger partial charge in [-0.1, -0.05) is 0 Å². The average molecular weight is 196 g/mol. The van der Waals surface area contributed by atoms with E-state index in [9.17, 15) is 4.79 Å². The second kappa shape index (κ2) is 3.81. The lowest BCUT2D eigenvalue weighted by Gasteiger charge is -2.14. The van der Waals surface area contributed by atoms with Gasteiger partial charge >= 0.3 is 0 Å². The summed E-state index contributed by atoms with van der Waals surface area (Å²) in [7, 11) is 0. The molecule has 5 heteroatoms. The number of hydroxylamine groups is 1. The largest absolute Gasteiger partial charge is 0.472 e. The summed E-state index contributed by atoms with van der Waals surface area (Å²) in [5.41, 5.74) is 3.31. The molecule has 2 rings (SSSR count). The lowest BCUT2D eigenvalue weighted by molar-refractivity contribution is -0.125. The zero-order chi connectivity index (χ0) is 9.97. The van der Waals surface area contributed by atoms with E-state index in [1.54, 1.807) is 12.5 Å². The van der Waals surface area contributed by atoms with E-state index in [0.717, 1.165) is 5.56 Å². The fraction of sp³-hybridized carbons (Fsp3) is 0.444. The number of furan rings is 1. The van der Waals surface area contributed by atoms with Crippen molar-refractivity contribution in [2.24, 2.45) is 0 Å². The van der Waals surface area contributed by atoms with Crippen LogP contribution in [-0.2, 0) is 9.63 Å². The summed E-state index contributed by atoms with van der Waals surface area (Å²) in [6.07, 6.45) is 3.27. The molecule has 2 unspecified atom stereocenters. The van der Waals surface area contributed by atoms with Gasteiger partial charge in [0.15, 0.2) is 0 Å². The third-order valence-electron chi connectivity index (χ3n) is 2.23. The van der Waals surface area contributed by atoms with Crippen LogP contribution in [0.2, 0.25) is 0 Å². The number of hydrogen-bond acceptors (Lipinski definition) is 4. The topological polar surface area (TPSA) is 63.5 Å². The Hall–Kier alpha value is -1.33. The number of amides is 1. The van der Waals surface area contributed by atoms with Gasteiger partial charge < -0.3 is 4.42 Å². The van der Waals surface area contributed by atoms with Crippen molar-refractivity contribution in [2.45, 2.75) is 19.0 Å². The fourth-order valence-electron chi connectivity index (χ4n) is 1.39. The summed E-state index contributed by atoms with van der Waals surface area (Å²) >= 11 is 0. The van der Waals surface area contributed by atoms with Gasteiger partial charge in [0.2, 0.25) is 0 Å². The Kier molecular flexibility index (Phi) is 2.51. The summed E-state index contributed by atoms with van der Waals surface area (Å²) in [6.45, 7) is 2.33. The van der Waals surface area contributed by atoms with Crippen molar-refractivity contribution in [2.75, 3.05) is 6.61 Å². The molecule has 0 bridgehead atoms. The van der Waals surface area contributed by atoms with Crippen LogP contribution in [0.5, 0.6) is 0 Å². The first-order valence-electron chi connectivity index (χ1n) is 4.47. The molecular weight excluding hydrogens is 184 g/mol. The summed E-state index contributed by atoms with van der Waals surface area (Å²) in [6, 6.07) is 1.66. The molecule has 1 aromatic heterocycles. The Labute approximate surface area is 81.4 Å². The van der Waals surface area contributed by atoms with Crippen LogP contribution in [0.3, 0.4) is 0 Å². The van der Waals surface area contributed by atoms with E-state index >= 15 is 0 Å². The average Bonchev–Trinajstić information content (AvgIpc) is 2.77. The summed E-state index contributed by atoms with van der Waals surface area (Å²) in [4.78, 5) is 16.0. The molecule has 76 valence electrons. The maximum Gasteiger partial charge on any atom is 0.263 e. The van der Waals surface area contributed by atoms with Crippen LogP contribution in [0, 0.1) is 0 Å². The van der Waals surface area contributed by atoms with Gasteiger partial charge in [-0.05, 0) is 13.0 Å². The maximum atomic E-state index is 11.2. The van der Waals surface area contributed by atoms with Crippen molar-refractivity contribution in [3.05, 3.63) is 24.2 Å². The van der Waals surface area contributed by atoms with Gasteiger partial charge in [0.05, 0.1) is 19.1 Å². The summed E-state index contributed by atoms with van der Waals surface area (Å²) in [5.74, 6) is -0.125. The standard InChI is InChI=1S/C9H12N2O3/c1-6(7-2-3-13-4-7)10-8-5-14-11-9(8)12/h2-4,6,8,10H,5H2,1H3,(H,11,12). The third kappa shape index (κ3) is 1.78. The first-order chi connectivity index (χ1) is 6.77. The zero-order valence-corrected chi connectivity index (χ0v) is 7.82. The van der Waals surface area contributed by atoms with Crippen molar-refractivity contribution >= 4 is 5.91 Å². The van der Waals surface area contributed by atoms with Gasteiger partial charge in [-0.15, -0.1) is 0 Å². The molecule has 1 fully saturated rings. The highest BCUT2D eigenvalue weighted by Gasteiger charge is 2.26. The molecule has 0 radical (unpaired) electrons. The number of carbonyl (C=O) groups is 1. The van der Waals surface area contributed by atoms with Crippen molar-refractivity contribution < 1.29 is 14.0 Å². The number of hydrogen-bond donors (Lipinski definition) is 2. The number of carbonyl (C=O) groups excluding carboxylic acids is 1. The van der Waals surface area contributed by atoms with Gasteiger partial charge in [-0.2, -0.15) is 0 Å². The third-order valence-corrected chi connectivity index (χ3v) is 2.23. The van der Waals surface area contributed by atoms with Gasteiger partial charge in [-0.3, -0.25) is 14.9 Å². The number of rotatable bonds is 3. The van der Waals surface area contributed by atoms with E-state index in [0.29, 0.717) is 6.61 Å². The van der Waals surface area contributed by atoms with Crippen LogP contribution in [0.25, 0.3) is 0 Å². The Balaban J connectivity index is 1.94. The summed E-state index contributed by atoms with van der Waals surface area (Å²) < 4.78 is 4.96. The van der Waals surface area contributed by atoms with E-state index in [1.165, 1.54) is 0 Å². The second-order valence-corrected chi connectivity index (χ2v) is 3.27. The summed E-state index contributed by atoms with van der Waals surface area (Å²) in [5, 5.41) is 3.13. The van der Waals surface area contributed by atoms with Crippen LogP contribution in [-0.4, -0.2) is 18.6 Å². The predicted octanol–water partition coefficient (Wildman–Crippen LogP) is 0.360. The van der Waals surface area contributed by atoms with Crippen molar-refractivity contribution in [1.82, 2.24) is 10.8 Å². The monoisotopic (exact) mass is 196 g/mol. The molecule has 0 saturated carbocycles. The molecule has 2 heterocycles. The molecule has 0 aliphatic carbocycles. The maximum absolute atomic E-state index is 11.2. The minimum Gasteiger partial charge on any atom is -0.472 e. The molecule has 1 aliphatic heterocycles. The lowest BCUT2D eigenvalue weighted by Crippen LogP contribution is -2.39. The molecular formula is C9H12N2O3. The van der Waals surface area contributed by atoms with Gasteiger partial charge in [0.25, 0.3) is 5.91 Å². The van der Waals surface area contributed by atoms with E-state index in [1.807, 2.05) is 13.0 Å². The van der Waals surface area contributed by atoms with Gasteiger partial charge in [-0.25, -0.2) is 5.48 Å². The van der Waals surface area contributed by atoms with Crippen LogP contribution in [0.15, 0.2) is 23.0 Å². The number of nitrogens with one attached hydrogen (secondary N) is 2. The fourth-order valence-corrected chi connectivity index (χ4v) is 1.39. The first-order valence-corrected chi connectivity index (χ1v) is 4.47. The molecule has 5 nitrogen and oxygen atoms in total. The second-order valence-electron chi connectivity index (χ2n) is 3.27. The van der Waals surface area contributed by atoms with Crippen molar-refractivity contribution in [1.29, 1.82) is 0 Å². The van der Waals surface area contributed by atoms with Gasteiger partial charge in [0.1, 0.15) is 6.04 Å².